The molecule has 1 unspecified atom stereocenters. The van der Waals surface area contributed by atoms with Crippen molar-refractivity contribution in [3.63, 3.8) is 0 Å². The molecule has 0 radical (unpaired) electrons. The van der Waals surface area contributed by atoms with Gasteiger partial charge in [0.15, 0.2) is 0 Å². The Morgan fingerprint density at radius 1 is 1.26 bits per heavy atom. The zero-order valence-electron chi connectivity index (χ0n) is 14.5. The molecule has 1 atom stereocenters. The van der Waals surface area contributed by atoms with Gasteiger partial charge in [-0.2, -0.15) is 0 Å². The largest absolute Gasteiger partial charge is 0.342 e. The molecule has 1 aromatic carbocycles. The normalized spacial score (nSPS) is 17.7. The van der Waals surface area contributed by atoms with Gasteiger partial charge in [0.25, 0.3) is 0 Å². The smallest absolute Gasteiger partial charge is 0.226 e. The first-order chi connectivity index (χ1) is 10.7. The zero-order valence-corrected chi connectivity index (χ0v) is 15.3. The Morgan fingerprint density at radius 2 is 1.96 bits per heavy atom. The molecule has 0 aromatic heterocycles. The van der Waals surface area contributed by atoms with Crippen molar-refractivity contribution in [3.8, 4) is 0 Å². The fraction of sp³-hybridized carbons (Fsp3) is 0.632. The number of hydrogen-bond donors (Lipinski definition) is 1. The van der Waals surface area contributed by atoms with Crippen LogP contribution in [0.25, 0.3) is 0 Å². The predicted molar refractivity (Wildman–Crippen MR) is 99.2 cm³/mol. The Labute approximate surface area is 147 Å². The summed E-state index contributed by atoms with van der Waals surface area (Å²) in [6.45, 7) is 5.06. The number of rotatable bonds is 7. The number of unbranched alkanes of at least 4 members (excludes halogenated alkanes) is 1. The Bertz CT molecular complexity index is 459. The van der Waals surface area contributed by atoms with E-state index in [4.69, 9.17) is 0 Å². The van der Waals surface area contributed by atoms with Crippen LogP contribution in [0, 0.1) is 5.92 Å². The third-order valence-corrected chi connectivity index (χ3v) is 4.56. The molecule has 1 amide bonds. The van der Waals surface area contributed by atoms with E-state index in [1.807, 2.05) is 7.05 Å². The van der Waals surface area contributed by atoms with Crippen molar-refractivity contribution in [3.05, 3.63) is 35.4 Å². The van der Waals surface area contributed by atoms with Gasteiger partial charge in [0.1, 0.15) is 0 Å². The maximum absolute atomic E-state index is 12.5. The van der Waals surface area contributed by atoms with Gasteiger partial charge in [-0.1, -0.05) is 37.6 Å². The van der Waals surface area contributed by atoms with Gasteiger partial charge >= 0.3 is 0 Å². The molecular formula is C19H31ClN2O. The van der Waals surface area contributed by atoms with Crippen LogP contribution in [0.2, 0.25) is 0 Å². The van der Waals surface area contributed by atoms with Gasteiger partial charge in [-0.3, -0.25) is 4.79 Å². The highest BCUT2D eigenvalue weighted by Crippen LogP contribution is 2.17. The Kier molecular flexibility index (Phi) is 9.27. The molecule has 130 valence electrons. The summed E-state index contributed by atoms with van der Waals surface area (Å²) in [5.41, 5.74) is 2.52. The standard InChI is InChI=1S/C19H30N2O.ClH/c1-3-4-6-16-8-10-17(11-9-16)13-19(22)21-12-5-7-18(15-21)14-20-2;/h8-11,18,20H,3-7,12-15H2,1-2H3;1H. The number of amides is 1. The summed E-state index contributed by atoms with van der Waals surface area (Å²) < 4.78 is 0. The summed E-state index contributed by atoms with van der Waals surface area (Å²) in [5, 5.41) is 3.23. The third-order valence-electron chi connectivity index (χ3n) is 4.56. The van der Waals surface area contributed by atoms with Gasteiger partial charge in [-0.05, 0) is 56.3 Å². The van der Waals surface area contributed by atoms with Crippen LogP contribution in [-0.2, 0) is 17.6 Å². The number of benzene rings is 1. The van der Waals surface area contributed by atoms with E-state index in [-0.39, 0.29) is 18.3 Å². The number of halogens is 1. The quantitative estimate of drug-likeness (QED) is 0.825. The zero-order chi connectivity index (χ0) is 15.8. The molecule has 1 heterocycles. The van der Waals surface area contributed by atoms with Crippen molar-refractivity contribution < 1.29 is 4.79 Å². The molecule has 1 N–H and O–H groups in total. The summed E-state index contributed by atoms with van der Waals surface area (Å²) in [6.07, 6.45) is 6.51. The van der Waals surface area contributed by atoms with Crippen molar-refractivity contribution in [2.24, 2.45) is 5.92 Å². The second kappa shape index (κ2) is 10.7. The lowest BCUT2D eigenvalue weighted by Crippen LogP contribution is -2.43. The van der Waals surface area contributed by atoms with Crippen molar-refractivity contribution >= 4 is 18.3 Å². The summed E-state index contributed by atoms with van der Waals surface area (Å²) in [6, 6.07) is 8.60. The first-order valence-electron chi connectivity index (χ1n) is 8.73. The van der Waals surface area contributed by atoms with Crippen LogP contribution in [0.4, 0.5) is 0 Å². The second-order valence-electron chi connectivity index (χ2n) is 6.50. The van der Waals surface area contributed by atoms with E-state index in [0.717, 1.165) is 38.0 Å². The van der Waals surface area contributed by atoms with Gasteiger partial charge in [-0.25, -0.2) is 0 Å². The minimum Gasteiger partial charge on any atom is -0.342 e. The lowest BCUT2D eigenvalue weighted by Gasteiger charge is -2.32. The average Bonchev–Trinajstić information content (AvgIpc) is 2.55. The Hall–Kier alpha value is -1.06. The summed E-state index contributed by atoms with van der Waals surface area (Å²) >= 11 is 0. The molecule has 1 aliphatic heterocycles. The van der Waals surface area contributed by atoms with Crippen molar-refractivity contribution in [2.45, 2.75) is 45.4 Å². The molecule has 0 aliphatic carbocycles. The van der Waals surface area contributed by atoms with Gasteiger partial charge in [0.05, 0.1) is 6.42 Å². The monoisotopic (exact) mass is 338 g/mol. The molecule has 1 aromatic rings. The number of hydrogen-bond acceptors (Lipinski definition) is 2. The van der Waals surface area contributed by atoms with Gasteiger partial charge in [-0.15, -0.1) is 12.4 Å². The summed E-state index contributed by atoms with van der Waals surface area (Å²) in [4.78, 5) is 14.5. The molecule has 1 saturated heterocycles. The van der Waals surface area contributed by atoms with Crippen LogP contribution in [0.15, 0.2) is 24.3 Å². The maximum Gasteiger partial charge on any atom is 0.226 e. The lowest BCUT2D eigenvalue weighted by atomic mass is 9.97. The topological polar surface area (TPSA) is 32.3 Å². The van der Waals surface area contributed by atoms with Crippen LogP contribution in [0.1, 0.15) is 43.7 Å². The Morgan fingerprint density at radius 3 is 2.61 bits per heavy atom. The number of aryl methyl sites for hydroxylation is 1. The van der Waals surface area contributed by atoms with E-state index in [0.29, 0.717) is 12.3 Å². The second-order valence-corrected chi connectivity index (χ2v) is 6.50. The summed E-state index contributed by atoms with van der Waals surface area (Å²) in [7, 11) is 1.99. The lowest BCUT2D eigenvalue weighted by molar-refractivity contribution is -0.132. The number of carbonyl (C=O) groups is 1. The molecule has 0 bridgehead atoms. The number of nitrogens with zero attached hydrogens (tertiary/aromatic N) is 1. The predicted octanol–water partition coefficient (Wildman–Crippen LogP) is 3.45. The SMILES string of the molecule is CCCCc1ccc(CC(=O)N2CCCC(CNC)C2)cc1.Cl. The average molecular weight is 339 g/mol. The van der Waals surface area contributed by atoms with Crippen LogP contribution < -0.4 is 5.32 Å². The van der Waals surface area contributed by atoms with Gasteiger partial charge in [0, 0.05) is 13.1 Å². The first-order valence-corrected chi connectivity index (χ1v) is 8.73. The molecule has 1 fully saturated rings. The van der Waals surface area contributed by atoms with Crippen LogP contribution in [-0.4, -0.2) is 37.5 Å². The fourth-order valence-corrected chi connectivity index (χ4v) is 3.24. The van der Waals surface area contributed by atoms with E-state index in [9.17, 15) is 4.79 Å². The minimum atomic E-state index is 0. The molecular weight excluding hydrogens is 308 g/mol. The molecule has 0 spiro atoms. The van der Waals surface area contributed by atoms with E-state index < -0.39 is 0 Å². The van der Waals surface area contributed by atoms with Crippen molar-refractivity contribution in [1.82, 2.24) is 10.2 Å². The van der Waals surface area contributed by atoms with E-state index >= 15 is 0 Å². The molecule has 0 saturated carbocycles. The van der Waals surface area contributed by atoms with Crippen LogP contribution in [0.3, 0.4) is 0 Å². The Balaban J connectivity index is 0.00000264. The number of carbonyl (C=O) groups excluding carboxylic acids is 1. The van der Waals surface area contributed by atoms with E-state index in [1.54, 1.807) is 0 Å². The number of likely N-dealkylation sites (tertiary alicyclic amines) is 1. The maximum atomic E-state index is 12.5. The molecule has 1 aliphatic rings. The van der Waals surface area contributed by atoms with Gasteiger partial charge in [0.2, 0.25) is 5.91 Å². The highest BCUT2D eigenvalue weighted by molar-refractivity contribution is 5.85. The third kappa shape index (κ3) is 6.52. The molecule has 3 nitrogen and oxygen atoms in total. The highest BCUT2D eigenvalue weighted by atomic mass is 35.5. The first kappa shape index (κ1) is 20.0. The highest BCUT2D eigenvalue weighted by Gasteiger charge is 2.23. The van der Waals surface area contributed by atoms with Crippen molar-refractivity contribution in [1.29, 1.82) is 0 Å². The van der Waals surface area contributed by atoms with E-state index in [1.165, 1.54) is 24.8 Å². The van der Waals surface area contributed by atoms with Crippen molar-refractivity contribution in [2.75, 3.05) is 26.7 Å². The molecule has 4 heteroatoms. The van der Waals surface area contributed by atoms with Gasteiger partial charge < -0.3 is 10.2 Å². The number of nitrogens with one attached hydrogen (secondary N) is 1. The minimum absolute atomic E-state index is 0. The molecule has 2 rings (SSSR count). The molecule has 23 heavy (non-hydrogen) atoms. The van der Waals surface area contributed by atoms with E-state index in [2.05, 4.69) is 41.4 Å². The van der Waals surface area contributed by atoms with Crippen LogP contribution in [0.5, 0.6) is 0 Å². The fourth-order valence-electron chi connectivity index (χ4n) is 3.24. The summed E-state index contributed by atoms with van der Waals surface area (Å²) in [5.74, 6) is 0.890. The number of piperidine rings is 1. The van der Waals surface area contributed by atoms with Crippen LogP contribution >= 0.6 is 12.4 Å².